The first kappa shape index (κ1) is 19.9. The third kappa shape index (κ3) is 3.73. The van der Waals surface area contributed by atoms with E-state index in [0.717, 1.165) is 5.56 Å². The lowest BCUT2D eigenvalue weighted by Crippen LogP contribution is -2.41. The number of anilines is 1. The molecule has 7 nitrogen and oxygen atoms in total. The van der Waals surface area contributed by atoms with Crippen LogP contribution in [0.25, 0.3) is 0 Å². The average molecular weight is 402 g/mol. The fraction of sp³-hybridized carbons (Fsp3) is 0.300. The van der Waals surface area contributed by atoms with Crippen LogP contribution in [0.1, 0.15) is 36.2 Å². The molecule has 0 spiro atoms. The molecule has 0 aliphatic carbocycles. The maximum absolute atomic E-state index is 13.2. The molecular formula is C20H22N2O5S. The summed E-state index contributed by atoms with van der Waals surface area (Å²) in [6.07, 6.45) is 0.693. The van der Waals surface area contributed by atoms with Crippen LogP contribution in [0.4, 0.5) is 5.69 Å². The van der Waals surface area contributed by atoms with Gasteiger partial charge >= 0.3 is 5.97 Å². The lowest BCUT2D eigenvalue weighted by Gasteiger charge is -2.39. The second-order valence-corrected chi connectivity index (χ2v) is 9.19. The minimum absolute atomic E-state index is 0.0804. The molecule has 2 N–H and O–H groups in total. The Labute approximate surface area is 164 Å². The van der Waals surface area contributed by atoms with Crippen molar-refractivity contribution >= 4 is 27.6 Å². The summed E-state index contributed by atoms with van der Waals surface area (Å²) >= 11 is 0. The highest BCUT2D eigenvalue weighted by Crippen LogP contribution is 2.41. The predicted octanol–water partition coefficient (Wildman–Crippen LogP) is 2.38. The number of amides is 1. The van der Waals surface area contributed by atoms with E-state index in [9.17, 15) is 18.0 Å². The first-order chi connectivity index (χ1) is 13.1. The van der Waals surface area contributed by atoms with E-state index < -0.39 is 28.4 Å². The number of carbonyl (C=O) groups excluding carboxylic acids is 1. The van der Waals surface area contributed by atoms with Gasteiger partial charge < -0.3 is 10.4 Å². The number of sulfonamides is 1. The van der Waals surface area contributed by atoms with Crippen LogP contribution in [-0.2, 0) is 20.2 Å². The molecule has 0 radical (unpaired) electrons. The molecule has 0 atom stereocenters. The zero-order valence-corrected chi connectivity index (χ0v) is 16.5. The van der Waals surface area contributed by atoms with Crippen molar-refractivity contribution in [3.8, 4) is 0 Å². The van der Waals surface area contributed by atoms with Crippen LogP contribution >= 0.6 is 0 Å². The minimum Gasteiger partial charge on any atom is -0.480 e. The van der Waals surface area contributed by atoms with E-state index in [1.165, 1.54) is 28.6 Å². The number of carboxylic acid groups (broad SMARTS) is 1. The molecule has 1 heterocycles. The molecule has 0 fully saturated rings. The Morgan fingerprint density at radius 2 is 1.75 bits per heavy atom. The van der Waals surface area contributed by atoms with Gasteiger partial charge in [0.1, 0.15) is 6.54 Å². The van der Waals surface area contributed by atoms with Crippen molar-refractivity contribution in [2.45, 2.75) is 30.6 Å². The van der Waals surface area contributed by atoms with E-state index >= 15 is 0 Å². The Morgan fingerprint density at radius 3 is 2.39 bits per heavy atom. The van der Waals surface area contributed by atoms with Gasteiger partial charge in [0.2, 0.25) is 0 Å². The number of carbonyl (C=O) groups is 2. The van der Waals surface area contributed by atoms with Gasteiger partial charge in [0.15, 0.2) is 0 Å². The maximum Gasteiger partial charge on any atom is 0.322 e. The number of carboxylic acids is 1. The van der Waals surface area contributed by atoms with Crippen molar-refractivity contribution in [2.75, 3.05) is 17.4 Å². The van der Waals surface area contributed by atoms with Gasteiger partial charge in [0.05, 0.1) is 10.6 Å². The Morgan fingerprint density at radius 1 is 1.11 bits per heavy atom. The molecule has 2 aromatic rings. The SMILES string of the molecule is CC1(C)CCN(S(=O)(=O)c2ccc(C(=O)NCC(=O)O)cc2)c2ccccc21. The van der Waals surface area contributed by atoms with Crippen molar-refractivity contribution in [3.63, 3.8) is 0 Å². The average Bonchev–Trinajstić information content (AvgIpc) is 2.66. The van der Waals surface area contributed by atoms with Gasteiger partial charge in [-0.15, -0.1) is 0 Å². The van der Waals surface area contributed by atoms with Crippen molar-refractivity contribution in [3.05, 3.63) is 59.7 Å². The summed E-state index contributed by atoms with van der Waals surface area (Å²) in [4.78, 5) is 22.5. The summed E-state index contributed by atoms with van der Waals surface area (Å²) in [5, 5.41) is 10.9. The van der Waals surface area contributed by atoms with E-state index in [2.05, 4.69) is 19.2 Å². The number of nitrogens with zero attached hydrogens (tertiary/aromatic N) is 1. The number of hydrogen-bond acceptors (Lipinski definition) is 4. The fourth-order valence-electron chi connectivity index (χ4n) is 3.31. The molecule has 8 heteroatoms. The van der Waals surface area contributed by atoms with Crippen LogP contribution < -0.4 is 9.62 Å². The topological polar surface area (TPSA) is 104 Å². The summed E-state index contributed by atoms with van der Waals surface area (Å²) in [5.41, 5.74) is 1.73. The Hall–Kier alpha value is -2.87. The largest absolute Gasteiger partial charge is 0.480 e. The standard InChI is InChI=1S/C20H22N2O5S/c1-20(2)11-12-22(17-6-4-3-5-16(17)20)28(26,27)15-9-7-14(8-10-15)19(25)21-13-18(23)24/h3-10H,11-13H2,1-2H3,(H,21,25)(H,23,24). The van der Waals surface area contributed by atoms with Crippen LogP contribution in [0.2, 0.25) is 0 Å². The van der Waals surface area contributed by atoms with Crippen LogP contribution in [0.3, 0.4) is 0 Å². The lowest BCUT2D eigenvalue weighted by molar-refractivity contribution is -0.135. The van der Waals surface area contributed by atoms with E-state index in [1.54, 1.807) is 0 Å². The van der Waals surface area contributed by atoms with Crippen molar-refractivity contribution in [1.29, 1.82) is 0 Å². The number of fused-ring (bicyclic) bond motifs is 1. The smallest absolute Gasteiger partial charge is 0.322 e. The van der Waals surface area contributed by atoms with Crippen molar-refractivity contribution in [1.82, 2.24) is 5.32 Å². The molecule has 0 unspecified atom stereocenters. The Kier molecular flexibility index (Phi) is 5.16. The maximum atomic E-state index is 13.2. The molecule has 1 amide bonds. The molecule has 2 aromatic carbocycles. The molecular weight excluding hydrogens is 380 g/mol. The normalized spacial score (nSPS) is 15.6. The van der Waals surface area contributed by atoms with Gasteiger partial charge in [-0.05, 0) is 47.7 Å². The fourth-order valence-corrected chi connectivity index (χ4v) is 4.80. The molecule has 0 bridgehead atoms. The first-order valence-corrected chi connectivity index (χ1v) is 10.3. The van der Waals surface area contributed by atoms with Crippen molar-refractivity contribution < 1.29 is 23.1 Å². The zero-order valence-electron chi connectivity index (χ0n) is 15.7. The van der Waals surface area contributed by atoms with Gasteiger partial charge in [-0.25, -0.2) is 8.42 Å². The van der Waals surface area contributed by atoms with Gasteiger partial charge in [-0.2, -0.15) is 0 Å². The molecule has 148 valence electrons. The summed E-state index contributed by atoms with van der Waals surface area (Å²) < 4.78 is 27.8. The molecule has 0 saturated heterocycles. The van der Waals surface area contributed by atoms with E-state index in [-0.39, 0.29) is 15.9 Å². The molecule has 0 aromatic heterocycles. The van der Waals surface area contributed by atoms with E-state index in [1.807, 2.05) is 24.3 Å². The summed E-state index contributed by atoms with van der Waals surface area (Å²) in [5.74, 6) is -1.73. The number of benzene rings is 2. The molecule has 0 saturated carbocycles. The number of rotatable bonds is 5. The highest BCUT2D eigenvalue weighted by Gasteiger charge is 2.36. The number of hydrogen-bond donors (Lipinski definition) is 2. The number of para-hydroxylation sites is 1. The van der Waals surface area contributed by atoms with Gasteiger partial charge in [-0.1, -0.05) is 32.0 Å². The first-order valence-electron chi connectivity index (χ1n) is 8.85. The van der Waals surface area contributed by atoms with Crippen LogP contribution in [0.15, 0.2) is 53.4 Å². The molecule has 1 aliphatic heterocycles. The molecule has 28 heavy (non-hydrogen) atoms. The lowest BCUT2D eigenvalue weighted by atomic mass is 9.78. The highest BCUT2D eigenvalue weighted by atomic mass is 32.2. The third-order valence-electron chi connectivity index (χ3n) is 4.95. The van der Waals surface area contributed by atoms with E-state index in [0.29, 0.717) is 18.7 Å². The number of aliphatic carboxylic acids is 1. The van der Waals surface area contributed by atoms with Gasteiger partial charge in [-0.3, -0.25) is 13.9 Å². The van der Waals surface area contributed by atoms with Crippen molar-refractivity contribution in [2.24, 2.45) is 0 Å². The monoisotopic (exact) mass is 402 g/mol. The third-order valence-corrected chi connectivity index (χ3v) is 6.77. The Bertz CT molecular complexity index is 1010. The summed E-state index contributed by atoms with van der Waals surface area (Å²) in [7, 11) is -3.79. The molecule has 1 aliphatic rings. The zero-order chi connectivity index (χ0) is 20.5. The van der Waals surface area contributed by atoms with Gasteiger partial charge in [0, 0.05) is 12.1 Å². The van der Waals surface area contributed by atoms with Crippen LogP contribution in [-0.4, -0.2) is 38.5 Å². The predicted molar refractivity (Wildman–Crippen MR) is 105 cm³/mol. The number of nitrogens with one attached hydrogen (secondary N) is 1. The second kappa shape index (κ2) is 7.27. The Balaban J connectivity index is 1.90. The van der Waals surface area contributed by atoms with Crippen LogP contribution in [0.5, 0.6) is 0 Å². The van der Waals surface area contributed by atoms with Crippen LogP contribution in [0, 0.1) is 0 Å². The van der Waals surface area contributed by atoms with E-state index in [4.69, 9.17) is 5.11 Å². The molecule has 3 rings (SSSR count). The van der Waals surface area contributed by atoms with Gasteiger partial charge in [0.25, 0.3) is 15.9 Å². The summed E-state index contributed by atoms with van der Waals surface area (Å²) in [6.45, 7) is 4.06. The quantitative estimate of drug-likeness (QED) is 0.799. The highest BCUT2D eigenvalue weighted by molar-refractivity contribution is 7.92. The minimum atomic E-state index is -3.79. The second-order valence-electron chi connectivity index (χ2n) is 7.33. The summed E-state index contributed by atoms with van der Waals surface area (Å²) in [6, 6.07) is 13.0.